The molecule has 0 amide bonds. The van der Waals surface area contributed by atoms with Crippen LogP contribution in [0.4, 0.5) is 0 Å². The molecule has 0 aromatic rings. The normalized spacial score (nSPS) is 40.3. The highest BCUT2D eigenvalue weighted by atomic mass is 15.2. The van der Waals surface area contributed by atoms with E-state index in [1.807, 2.05) is 0 Å². The molecule has 9 aliphatic carbocycles. The second-order valence-corrected chi connectivity index (χ2v) is 23.7. The van der Waals surface area contributed by atoms with Crippen molar-refractivity contribution in [3.05, 3.63) is 0 Å². The van der Waals surface area contributed by atoms with Crippen molar-refractivity contribution in [2.75, 3.05) is 0 Å². The Kier molecular flexibility index (Phi) is 16.0. The highest BCUT2D eigenvalue weighted by Crippen LogP contribution is 2.47. The van der Waals surface area contributed by atoms with E-state index in [0.717, 1.165) is 84.0 Å². The van der Waals surface area contributed by atoms with Crippen LogP contribution in [-0.4, -0.2) is 69.1 Å². The molecule has 0 atom stereocenters. The molecule has 0 unspecified atom stereocenters. The highest BCUT2D eigenvalue weighted by Gasteiger charge is 2.43. The zero-order valence-electron chi connectivity index (χ0n) is 38.7. The van der Waals surface area contributed by atoms with E-state index >= 15 is 0 Å². The molecular formula is C55H97N3. The van der Waals surface area contributed by atoms with Crippen LogP contribution in [0.5, 0.6) is 0 Å². The van der Waals surface area contributed by atoms with Gasteiger partial charge in [0, 0.05) is 54.4 Å². The number of nitrogens with zero attached hydrogens (tertiary/aromatic N) is 3. The fraction of sp³-hybridized carbons (Fsp3) is 1.00. The number of rotatable bonds is 11. The molecule has 3 nitrogen and oxygen atoms in total. The van der Waals surface area contributed by atoms with E-state index < -0.39 is 0 Å². The summed E-state index contributed by atoms with van der Waals surface area (Å²) in [5, 5.41) is 0. The molecule has 0 aliphatic heterocycles. The lowest BCUT2D eigenvalue weighted by Crippen LogP contribution is -2.54. The van der Waals surface area contributed by atoms with Gasteiger partial charge in [0.05, 0.1) is 0 Å². The fourth-order valence-corrected chi connectivity index (χ4v) is 17.2. The smallest absolute Gasteiger partial charge is 0.0101 e. The molecule has 9 fully saturated rings. The van der Waals surface area contributed by atoms with E-state index in [1.165, 1.54) is 205 Å². The number of hydrogen-bond acceptors (Lipinski definition) is 3. The molecule has 0 spiro atoms. The Morgan fingerprint density at radius 2 is 0.362 bits per heavy atom. The van der Waals surface area contributed by atoms with Crippen molar-refractivity contribution in [2.24, 2.45) is 29.6 Å². The quantitative estimate of drug-likeness (QED) is 0.206. The summed E-state index contributed by atoms with van der Waals surface area (Å²) in [5.74, 6) is 5.14. The van der Waals surface area contributed by atoms with Crippen LogP contribution in [0.3, 0.4) is 0 Å². The van der Waals surface area contributed by atoms with Crippen molar-refractivity contribution in [2.45, 2.75) is 318 Å². The second kappa shape index (κ2) is 21.5. The maximum Gasteiger partial charge on any atom is 0.0101 e. The Bertz CT molecular complexity index is 1020. The van der Waals surface area contributed by atoms with Crippen LogP contribution >= 0.6 is 0 Å². The Morgan fingerprint density at radius 3 is 0.569 bits per heavy atom. The van der Waals surface area contributed by atoms with Gasteiger partial charge >= 0.3 is 0 Å². The van der Waals surface area contributed by atoms with E-state index in [-0.39, 0.29) is 0 Å². The molecule has 3 heteroatoms. The zero-order valence-corrected chi connectivity index (χ0v) is 38.7. The minimum Gasteiger partial charge on any atom is -0.294 e. The molecule has 9 aliphatic rings. The molecule has 0 radical (unpaired) electrons. The maximum absolute atomic E-state index is 3.31. The van der Waals surface area contributed by atoms with Gasteiger partial charge in [0.2, 0.25) is 0 Å². The first-order valence-corrected chi connectivity index (χ1v) is 28.0. The lowest BCUT2D eigenvalue weighted by molar-refractivity contribution is -0.0166. The summed E-state index contributed by atoms with van der Waals surface area (Å²) in [6, 6.07) is 8.28. The fourth-order valence-electron chi connectivity index (χ4n) is 17.2. The van der Waals surface area contributed by atoms with Gasteiger partial charge in [0.25, 0.3) is 0 Å². The predicted octanol–water partition coefficient (Wildman–Crippen LogP) is 15.0. The Morgan fingerprint density at radius 1 is 0.190 bits per heavy atom. The largest absolute Gasteiger partial charge is 0.294 e. The van der Waals surface area contributed by atoms with Crippen molar-refractivity contribution in [3.8, 4) is 0 Å². The Hall–Kier alpha value is -0.120. The van der Waals surface area contributed by atoms with Crippen molar-refractivity contribution in [3.63, 3.8) is 0 Å². The first-order valence-electron chi connectivity index (χ1n) is 28.0. The molecule has 332 valence electrons. The van der Waals surface area contributed by atoms with Crippen molar-refractivity contribution in [1.82, 2.24) is 14.7 Å². The summed E-state index contributed by atoms with van der Waals surface area (Å²) < 4.78 is 0. The minimum atomic E-state index is 0.904. The molecule has 9 saturated carbocycles. The summed E-state index contributed by atoms with van der Waals surface area (Å²) in [7, 11) is 0. The SMILES string of the molecule is CC1CCC(N(C2CCC(C3CCC(N(C4CCCCC4)C4CCCCC4)CC3)CC2)C2CCC(C3CCC(N(C4CCCCC4)C4CCCCC4)CC3)CC2)CC1. The van der Waals surface area contributed by atoms with Crippen LogP contribution in [0.25, 0.3) is 0 Å². The van der Waals surface area contributed by atoms with Gasteiger partial charge in [-0.05, 0) is 209 Å². The second-order valence-electron chi connectivity index (χ2n) is 23.7. The van der Waals surface area contributed by atoms with Crippen LogP contribution in [0.2, 0.25) is 0 Å². The van der Waals surface area contributed by atoms with Crippen LogP contribution in [0.15, 0.2) is 0 Å². The highest BCUT2D eigenvalue weighted by molar-refractivity contribution is 4.98. The molecule has 0 aromatic heterocycles. The van der Waals surface area contributed by atoms with Gasteiger partial charge in [-0.25, -0.2) is 0 Å². The summed E-state index contributed by atoms with van der Waals surface area (Å²) >= 11 is 0. The topological polar surface area (TPSA) is 9.72 Å². The van der Waals surface area contributed by atoms with Crippen LogP contribution < -0.4 is 0 Å². The van der Waals surface area contributed by atoms with Gasteiger partial charge in [-0.2, -0.15) is 0 Å². The molecule has 58 heavy (non-hydrogen) atoms. The predicted molar refractivity (Wildman–Crippen MR) is 247 cm³/mol. The van der Waals surface area contributed by atoms with E-state index in [2.05, 4.69) is 21.6 Å². The molecule has 0 bridgehead atoms. The summed E-state index contributed by atoms with van der Waals surface area (Å²) in [4.78, 5) is 9.75. The molecule has 9 rings (SSSR count). The molecule has 0 N–H and O–H groups in total. The van der Waals surface area contributed by atoms with Crippen molar-refractivity contribution < 1.29 is 0 Å². The lowest BCUT2D eigenvalue weighted by Gasteiger charge is -2.52. The maximum atomic E-state index is 3.31. The van der Waals surface area contributed by atoms with Gasteiger partial charge in [0.1, 0.15) is 0 Å². The van der Waals surface area contributed by atoms with E-state index in [0.29, 0.717) is 0 Å². The minimum absolute atomic E-state index is 0.904. The average Bonchev–Trinajstić information content (AvgIpc) is 3.30. The summed E-state index contributed by atoms with van der Waals surface area (Å²) in [5.41, 5.74) is 0. The standard InChI is InChI=1S/C55H97N3/c1-42-22-32-51(33-23-42)58(54-38-28-45(29-39-54)43-24-34-52(35-25-43)56(47-14-6-2-7-15-47)48-16-8-3-9-17-48)55-40-30-46(31-41-55)44-26-36-53(37-27-44)57(49-18-10-4-11-19-49)50-20-12-5-13-21-50/h42-55H,2-41H2,1H3. The lowest BCUT2D eigenvalue weighted by atomic mass is 9.69. The van der Waals surface area contributed by atoms with Gasteiger partial charge in [0.15, 0.2) is 0 Å². The Balaban J connectivity index is 0.766. The van der Waals surface area contributed by atoms with Crippen LogP contribution in [-0.2, 0) is 0 Å². The van der Waals surface area contributed by atoms with Gasteiger partial charge in [-0.15, -0.1) is 0 Å². The molecule has 0 aromatic carbocycles. The third-order valence-electron chi connectivity index (χ3n) is 20.4. The molecule has 0 heterocycles. The van der Waals surface area contributed by atoms with Crippen molar-refractivity contribution in [1.29, 1.82) is 0 Å². The van der Waals surface area contributed by atoms with Gasteiger partial charge < -0.3 is 0 Å². The van der Waals surface area contributed by atoms with Crippen molar-refractivity contribution >= 4 is 0 Å². The van der Waals surface area contributed by atoms with Crippen LogP contribution in [0.1, 0.15) is 264 Å². The monoisotopic (exact) mass is 800 g/mol. The number of hydrogen-bond donors (Lipinski definition) is 0. The molecular weight excluding hydrogens is 703 g/mol. The third kappa shape index (κ3) is 10.6. The summed E-state index contributed by atoms with van der Waals surface area (Å²) in [6.45, 7) is 2.55. The third-order valence-corrected chi connectivity index (χ3v) is 20.4. The Labute approximate surface area is 361 Å². The van der Waals surface area contributed by atoms with E-state index in [4.69, 9.17) is 0 Å². The first kappa shape index (κ1) is 43.1. The van der Waals surface area contributed by atoms with Gasteiger partial charge in [-0.3, -0.25) is 14.7 Å². The first-order chi connectivity index (χ1) is 28.7. The van der Waals surface area contributed by atoms with Crippen LogP contribution in [0, 0.1) is 29.6 Å². The zero-order chi connectivity index (χ0) is 39.1. The van der Waals surface area contributed by atoms with Gasteiger partial charge in [-0.1, -0.05) is 84.0 Å². The summed E-state index contributed by atoms with van der Waals surface area (Å²) in [6.07, 6.45) is 60.9. The average molecular weight is 800 g/mol. The van der Waals surface area contributed by atoms with E-state index in [1.54, 1.807) is 51.4 Å². The van der Waals surface area contributed by atoms with E-state index in [9.17, 15) is 0 Å². The molecule has 0 saturated heterocycles.